The van der Waals surface area contributed by atoms with E-state index in [1.807, 2.05) is 51.4 Å². The second-order valence-corrected chi connectivity index (χ2v) is 7.38. The van der Waals surface area contributed by atoms with Crippen molar-refractivity contribution in [2.45, 2.75) is 13.8 Å². The zero-order chi connectivity index (χ0) is 21.5. The third-order valence-electron chi connectivity index (χ3n) is 5.21. The molecule has 0 amide bonds. The Kier molecular flexibility index (Phi) is 4.33. The van der Waals surface area contributed by atoms with Crippen molar-refractivity contribution in [1.29, 1.82) is 0 Å². The Morgan fingerprint density at radius 3 is 2.68 bits per heavy atom. The zero-order valence-corrected chi connectivity index (χ0v) is 17.4. The van der Waals surface area contributed by atoms with Gasteiger partial charge in [-0.3, -0.25) is 9.67 Å². The number of nitrogen functional groups attached to an aromatic ring is 1. The van der Waals surface area contributed by atoms with Crippen molar-refractivity contribution in [3.05, 3.63) is 71.6 Å². The first kappa shape index (κ1) is 18.7. The quantitative estimate of drug-likeness (QED) is 0.428. The average molecular weight is 405 g/mol. The number of hydrogen-bond acceptors (Lipinski definition) is 6. The Morgan fingerprint density at radius 1 is 0.935 bits per heavy atom. The highest BCUT2D eigenvalue weighted by Gasteiger charge is 2.14. The number of pyridine rings is 2. The predicted molar refractivity (Wildman–Crippen MR) is 121 cm³/mol. The molecule has 7 heteroatoms. The van der Waals surface area contributed by atoms with Crippen LogP contribution in [0, 0.1) is 25.7 Å². The van der Waals surface area contributed by atoms with Crippen molar-refractivity contribution >= 4 is 27.6 Å². The molecule has 0 radical (unpaired) electrons. The molecular weight excluding hydrogens is 386 g/mol. The maximum atomic E-state index is 6.09. The summed E-state index contributed by atoms with van der Waals surface area (Å²) < 4.78 is 1.79. The summed E-state index contributed by atoms with van der Waals surface area (Å²) in [5.74, 6) is 6.71. The summed E-state index contributed by atoms with van der Waals surface area (Å²) in [5, 5.41) is 6.69. The van der Waals surface area contributed by atoms with Crippen LogP contribution in [0.5, 0.6) is 0 Å². The minimum atomic E-state index is 0.382. The van der Waals surface area contributed by atoms with Crippen LogP contribution in [0.1, 0.15) is 22.6 Å². The monoisotopic (exact) mass is 405 g/mol. The Labute approximate surface area is 179 Å². The number of aromatic nitrogens is 6. The lowest BCUT2D eigenvalue weighted by Gasteiger charge is -2.06. The fourth-order valence-electron chi connectivity index (χ4n) is 3.78. The Morgan fingerprint density at radius 2 is 1.81 bits per heavy atom. The number of nitrogens with zero attached hydrogens (tertiary/aromatic N) is 6. The number of benzene rings is 1. The van der Waals surface area contributed by atoms with E-state index in [2.05, 4.69) is 42.9 Å². The van der Waals surface area contributed by atoms with Crippen LogP contribution in [-0.2, 0) is 7.05 Å². The first-order chi connectivity index (χ1) is 15.0. The molecule has 0 spiro atoms. The van der Waals surface area contributed by atoms with E-state index in [0.29, 0.717) is 11.5 Å². The molecule has 0 unspecified atom stereocenters. The third kappa shape index (κ3) is 3.34. The summed E-state index contributed by atoms with van der Waals surface area (Å²) >= 11 is 0. The van der Waals surface area contributed by atoms with Crippen LogP contribution < -0.4 is 5.73 Å². The standard InChI is InChI=1S/C24H19N7/c1-14-20-7-5-16(10-17(20)8-9-26-14)4-6-19-11-18(12-21(25)29-19)23-24-22(27-13-28-23)15(2)30-31(24)3/h5,7-13H,1-3H3,(H2,25,29). The molecule has 5 rings (SSSR count). The maximum Gasteiger partial charge on any atom is 0.125 e. The van der Waals surface area contributed by atoms with Gasteiger partial charge < -0.3 is 5.73 Å². The predicted octanol–water partition coefficient (Wildman–Crippen LogP) is 3.57. The molecule has 0 atom stereocenters. The van der Waals surface area contributed by atoms with Crippen molar-refractivity contribution in [2.24, 2.45) is 7.05 Å². The van der Waals surface area contributed by atoms with Gasteiger partial charge in [-0.15, -0.1) is 0 Å². The smallest absolute Gasteiger partial charge is 0.125 e. The first-order valence-corrected chi connectivity index (χ1v) is 9.79. The van der Waals surface area contributed by atoms with E-state index in [9.17, 15) is 0 Å². The number of aryl methyl sites for hydroxylation is 3. The van der Waals surface area contributed by atoms with Crippen LogP contribution in [0.2, 0.25) is 0 Å². The van der Waals surface area contributed by atoms with Crippen molar-refractivity contribution in [3.8, 4) is 23.1 Å². The van der Waals surface area contributed by atoms with Crippen LogP contribution in [0.4, 0.5) is 5.82 Å². The van der Waals surface area contributed by atoms with Gasteiger partial charge in [-0.2, -0.15) is 5.10 Å². The average Bonchev–Trinajstić information content (AvgIpc) is 3.06. The molecule has 150 valence electrons. The van der Waals surface area contributed by atoms with Gasteiger partial charge in [0, 0.05) is 35.5 Å². The second-order valence-electron chi connectivity index (χ2n) is 7.38. The molecule has 0 saturated carbocycles. The van der Waals surface area contributed by atoms with Crippen LogP contribution >= 0.6 is 0 Å². The molecule has 4 heterocycles. The van der Waals surface area contributed by atoms with Gasteiger partial charge in [0.1, 0.15) is 28.9 Å². The van der Waals surface area contributed by atoms with Crippen LogP contribution in [0.15, 0.2) is 48.9 Å². The van der Waals surface area contributed by atoms with Crippen molar-refractivity contribution < 1.29 is 0 Å². The highest BCUT2D eigenvalue weighted by molar-refractivity contribution is 5.91. The minimum Gasteiger partial charge on any atom is -0.384 e. The molecule has 0 bridgehead atoms. The number of rotatable bonds is 1. The highest BCUT2D eigenvalue weighted by Crippen LogP contribution is 2.27. The lowest BCUT2D eigenvalue weighted by molar-refractivity contribution is 0.783. The van der Waals surface area contributed by atoms with Gasteiger partial charge in [-0.05, 0) is 55.5 Å². The second kappa shape index (κ2) is 7.18. The SMILES string of the molecule is Cc1nccc2cc(C#Cc3cc(-c4ncnc5c(C)nn(C)c45)cc(N)n3)ccc12. The van der Waals surface area contributed by atoms with Gasteiger partial charge in [0.25, 0.3) is 0 Å². The van der Waals surface area contributed by atoms with E-state index in [-0.39, 0.29) is 0 Å². The largest absolute Gasteiger partial charge is 0.384 e. The summed E-state index contributed by atoms with van der Waals surface area (Å²) in [6.45, 7) is 3.93. The van der Waals surface area contributed by atoms with Crippen molar-refractivity contribution in [1.82, 2.24) is 29.7 Å². The zero-order valence-electron chi connectivity index (χ0n) is 17.4. The summed E-state index contributed by atoms with van der Waals surface area (Å²) in [4.78, 5) is 17.6. The van der Waals surface area contributed by atoms with Crippen LogP contribution in [-0.4, -0.2) is 29.7 Å². The molecule has 31 heavy (non-hydrogen) atoms. The summed E-state index contributed by atoms with van der Waals surface area (Å²) in [5.41, 5.74) is 12.7. The fraction of sp³-hybridized carbons (Fsp3) is 0.125. The molecule has 2 N–H and O–H groups in total. The third-order valence-corrected chi connectivity index (χ3v) is 5.21. The molecule has 1 aromatic carbocycles. The summed E-state index contributed by atoms with van der Waals surface area (Å²) in [6, 6.07) is 11.8. The fourth-order valence-corrected chi connectivity index (χ4v) is 3.78. The molecule has 0 aliphatic heterocycles. The van der Waals surface area contributed by atoms with Gasteiger partial charge in [-0.1, -0.05) is 12.0 Å². The first-order valence-electron chi connectivity index (χ1n) is 9.79. The van der Waals surface area contributed by atoms with E-state index < -0.39 is 0 Å². The number of anilines is 1. The molecule has 0 aliphatic rings. The molecule has 7 nitrogen and oxygen atoms in total. The van der Waals surface area contributed by atoms with Gasteiger partial charge in [0.15, 0.2) is 0 Å². The van der Waals surface area contributed by atoms with E-state index in [1.165, 1.54) is 0 Å². The van der Waals surface area contributed by atoms with E-state index >= 15 is 0 Å². The number of nitrogens with two attached hydrogens (primary N) is 1. The molecule has 5 aromatic rings. The van der Waals surface area contributed by atoms with Gasteiger partial charge in [0.2, 0.25) is 0 Å². The lowest BCUT2D eigenvalue weighted by atomic mass is 10.1. The minimum absolute atomic E-state index is 0.382. The van der Waals surface area contributed by atoms with E-state index in [1.54, 1.807) is 17.1 Å². The Hall–Kier alpha value is -4.31. The van der Waals surface area contributed by atoms with Crippen LogP contribution in [0.25, 0.3) is 33.1 Å². The van der Waals surface area contributed by atoms with Gasteiger partial charge >= 0.3 is 0 Å². The molecule has 0 saturated heterocycles. The van der Waals surface area contributed by atoms with Crippen LogP contribution in [0.3, 0.4) is 0 Å². The summed E-state index contributed by atoms with van der Waals surface area (Å²) in [6.07, 6.45) is 3.35. The topological polar surface area (TPSA) is 95.4 Å². The Balaban J connectivity index is 1.59. The molecular formula is C24H19N7. The summed E-state index contributed by atoms with van der Waals surface area (Å²) in [7, 11) is 1.88. The van der Waals surface area contributed by atoms with Crippen molar-refractivity contribution in [3.63, 3.8) is 0 Å². The number of hydrogen-bond donors (Lipinski definition) is 1. The van der Waals surface area contributed by atoms with Gasteiger partial charge in [-0.25, -0.2) is 15.0 Å². The molecule has 0 fully saturated rings. The number of fused-ring (bicyclic) bond motifs is 2. The van der Waals surface area contributed by atoms with E-state index in [0.717, 1.165) is 50.0 Å². The van der Waals surface area contributed by atoms with Crippen molar-refractivity contribution in [2.75, 3.05) is 5.73 Å². The normalized spacial score (nSPS) is 10.9. The lowest BCUT2D eigenvalue weighted by Crippen LogP contribution is -1.98. The molecule has 0 aliphatic carbocycles. The Bertz CT molecular complexity index is 1540. The molecule has 4 aromatic heterocycles. The van der Waals surface area contributed by atoms with Gasteiger partial charge in [0.05, 0.1) is 11.4 Å². The highest BCUT2D eigenvalue weighted by atomic mass is 15.3. The maximum absolute atomic E-state index is 6.09. The van der Waals surface area contributed by atoms with E-state index in [4.69, 9.17) is 5.73 Å².